The number of esters is 1. The maximum Gasteiger partial charge on any atom is 0.337 e. The van der Waals surface area contributed by atoms with Gasteiger partial charge in [-0.15, -0.1) is 0 Å². The van der Waals surface area contributed by atoms with Crippen molar-refractivity contribution in [2.45, 2.75) is 6.92 Å². The zero-order valence-corrected chi connectivity index (χ0v) is 15.9. The van der Waals surface area contributed by atoms with Gasteiger partial charge in [0, 0.05) is 11.8 Å². The Morgan fingerprint density at radius 3 is 2.64 bits per heavy atom. The lowest BCUT2D eigenvalue weighted by Gasteiger charge is -2.10. The Labute approximate surface area is 166 Å². The number of hydrogen-bond donors (Lipinski definition) is 2. The van der Waals surface area contributed by atoms with E-state index in [2.05, 4.69) is 25.3 Å². The summed E-state index contributed by atoms with van der Waals surface area (Å²) in [5, 5.41) is 6.06. The van der Waals surface area contributed by atoms with Gasteiger partial charge in [-0.25, -0.2) is 14.8 Å². The fraction of sp³-hybridized carbons (Fsp3) is 0.100. The highest BCUT2D eigenvalue weighted by molar-refractivity contribution is 6.34. The fourth-order valence-electron chi connectivity index (χ4n) is 2.47. The highest BCUT2D eigenvalue weighted by atomic mass is 35.5. The van der Waals surface area contributed by atoms with Crippen molar-refractivity contribution < 1.29 is 14.3 Å². The molecule has 0 saturated heterocycles. The van der Waals surface area contributed by atoms with Gasteiger partial charge in [0.25, 0.3) is 5.91 Å². The highest BCUT2D eigenvalue weighted by Crippen LogP contribution is 2.24. The van der Waals surface area contributed by atoms with Gasteiger partial charge in [-0.2, -0.15) is 0 Å². The first-order valence-electron chi connectivity index (χ1n) is 8.31. The standard InChI is InChI=1S/C20H17ClN4O3/c1-12-4-3-5-14(8-12)24-18-10-17(22-11-23-18)19(26)25-16-9-13(20(27)28-2)6-7-15(16)21/h3-11H,1-2H3,(H,25,26)(H,22,23,24). The molecule has 0 atom stereocenters. The van der Waals surface area contributed by atoms with Gasteiger partial charge in [-0.1, -0.05) is 23.7 Å². The SMILES string of the molecule is COC(=O)c1ccc(Cl)c(NC(=O)c2cc(Nc3cccc(C)c3)ncn2)c1. The summed E-state index contributed by atoms with van der Waals surface area (Å²) < 4.78 is 4.68. The Balaban J connectivity index is 1.79. The van der Waals surface area contributed by atoms with Crippen LogP contribution in [0.25, 0.3) is 0 Å². The summed E-state index contributed by atoms with van der Waals surface area (Å²) in [7, 11) is 1.28. The molecule has 0 aliphatic rings. The third-order valence-corrected chi connectivity index (χ3v) is 4.16. The van der Waals surface area contributed by atoms with Crippen molar-refractivity contribution in [3.05, 3.63) is 76.7 Å². The van der Waals surface area contributed by atoms with Crippen LogP contribution in [0.3, 0.4) is 0 Å². The second-order valence-corrected chi connectivity index (χ2v) is 6.33. The largest absolute Gasteiger partial charge is 0.465 e. The van der Waals surface area contributed by atoms with Crippen molar-refractivity contribution in [2.75, 3.05) is 17.7 Å². The average Bonchev–Trinajstić information content (AvgIpc) is 2.69. The van der Waals surface area contributed by atoms with Crippen LogP contribution in [0.4, 0.5) is 17.2 Å². The Hall–Kier alpha value is -3.45. The summed E-state index contributed by atoms with van der Waals surface area (Å²) in [6.45, 7) is 1.98. The minimum Gasteiger partial charge on any atom is -0.465 e. The first kappa shape index (κ1) is 19.3. The van der Waals surface area contributed by atoms with Crippen LogP contribution < -0.4 is 10.6 Å². The Kier molecular flexibility index (Phi) is 5.86. The quantitative estimate of drug-likeness (QED) is 0.627. The normalized spacial score (nSPS) is 10.2. The van der Waals surface area contributed by atoms with Crippen molar-refractivity contribution >= 4 is 40.7 Å². The summed E-state index contributed by atoms with van der Waals surface area (Å²) in [6.07, 6.45) is 1.29. The second kappa shape index (κ2) is 8.49. The zero-order chi connectivity index (χ0) is 20.1. The number of nitrogens with zero attached hydrogens (tertiary/aromatic N) is 2. The molecule has 3 aromatic rings. The number of aryl methyl sites for hydroxylation is 1. The molecule has 28 heavy (non-hydrogen) atoms. The molecule has 0 aliphatic carbocycles. The van der Waals surface area contributed by atoms with Crippen LogP contribution in [0, 0.1) is 6.92 Å². The number of ether oxygens (including phenoxy) is 1. The van der Waals surface area contributed by atoms with E-state index in [1.165, 1.54) is 37.7 Å². The van der Waals surface area contributed by atoms with Gasteiger partial charge < -0.3 is 15.4 Å². The molecule has 0 aliphatic heterocycles. The molecule has 0 saturated carbocycles. The number of carbonyl (C=O) groups excluding carboxylic acids is 2. The van der Waals surface area contributed by atoms with E-state index in [4.69, 9.17) is 11.6 Å². The lowest BCUT2D eigenvalue weighted by atomic mass is 10.2. The van der Waals surface area contributed by atoms with E-state index in [-0.39, 0.29) is 22.0 Å². The van der Waals surface area contributed by atoms with Crippen molar-refractivity contribution in [1.82, 2.24) is 9.97 Å². The molecule has 0 radical (unpaired) electrons. The van der Waals surface area contributed by atoms with Gasteiger partial charge in [0.2, 0.25) is 0 Å². The highest BCUT2D eigenvalue weighted by Gasteiger charge is 2.14. The molecular weight excluding hydrogens is 380 g/mol. The molecule has 1 aromatic heterocycles. The molecule has 0 spiro atoms. The molecule has 1 amide bonds. The third kappa shape index (κ3) is 4.63. The van der Waals surface area contributed by atoms with Gasteiger partial charge in [0.05, 0.1) is 23.4 Å². The van der Waals surface area contributed by atoms with Crippen molar-refractivity contribution in [2.24, 2.45) is 0 Å². The number of rotatable bonds is 5. The Morgan fingerprint density at radius 1 is 1.07 bits per heavy atom. The molecule has 0 unspecified atom stereocenters. The molecule has 2 aromatic carbocycles. The smallest absolute Gasteiger partial charge is 0.337 e. The second-order valence-electron chi connectivity index (χ2n) is 5.92. The minimum absolute atomic E-state index is 0.143. The number of methoxy groups -OCH3 is 1. The number of anilines is 3. The van der Waals surface area contributed by atoms with E-state index in [0.717, 1.165) is 11.3 Å². The number of aromatic nitrogens is 2. The third-order valence-electron chi connectivity index (χ3n) is 3.83. The Morgan fingerprint density at radius 2 is 1.89 bits per heavy atom. The van der Waals surface area contributed by atoms with Gasteiger partial charge in [0.1, 0.15) is 17.8 Å². The van der Waals surface area contributed by atoms with Crippen LogP contribution in [-0.2, 0) is 4.74 Å². The van der Waals surface area contributed by atoms with Crippen LogP contribution in [0.5, 0.6) is 0 Å². The van der Waals surface area contributed by atoms with Crippen LogP contribution in [0.15, 0.2) is 54.9 Å². The molecular formula is C20H17ClN4O3. The Bertz CT molecular complexity index is 1040. The summed E-state index contributed by atoms with van der Waals surface area (Å²) in [5.74, 6) is -0.544. The summed E-state index contributed by atoms with van der Waals surface area (Å²) in [6, 6.07) is 13.7. The minimum atomic E-state index is -0.529. The van der Waals surface area contributed by atoms with Crippen molar-refractivity contribution in [1.29, 1.82) is 0 Å². The topological polar surface area (TPSA) is 93.2 Å². The zero-order valence-electron chi connectivity index (χ0n) is 15.2. The molecule has 3 rings (SSSR count). The molecule has 7 nitrogen and oxygen atoms in total. The van der Waals surface area contributed by atoms with Crippen molar-refractivity contribution in [3.8, 4) is 0 Å². The predicted octanol–water partition coefficient (Wildman–Crippen LogP) is 4.22. The number of benzene rings is 2. The number of carbonyl (C=O) groups is 2. The van der Waals surface area contributed by atoms with E-state index in [0.29, 0.717) is 5.82 Å². The van der Waals surface area contributed by atoms with E-state index < -0.39 is 11.9 Å². The predicted molar refractivity (Wildman–Crippen MR) is 107 cm³/mol. The van der Waals surface area contributed by atoms with Crippen molar-refractivity contribution in [3.63, 3.8) is 0 Å². The lowest BCUT2D eigenvalue weighted by molar-refractivity contribution is 0.0600. The number of halogens is 1. The van der Waals surface area contributed by atoms with E-state index in [9.17, 15) is 9.59 Å². The molecule has 8 heteroatoms. The van der Waals surface area contributed by atoms with E-state index >= 15 is 0 Å². The van der Waals surface area contributed by atoms with Gasteiger partial charge in [-0.3, -0.25) is 4.79 Å². The summed E-state index contributed by atoms with van der Waals surface area (Å²) in [5.41, 5.74) is 2.63. The number of nitrogens with one attached hydrogen (secondary N) is 2. The van der Waals surface area contributed by atoms with Crippen LogP contribution in [0.1, 0.15) is 26.4 Å². The molecule has 1 heterocycles. The van der Waals surface area contributed by atoms with Gasteiger partial charge >= 0.3 is 5.97 Å². The molecule has 0 fully saturated rings. The van der Waals surface area contributed by atoms with Crippen LogP contribution in [0.2, 0.25) is 5.02 Å². The monoisotopic (exact) mass is 396 g/mol. The van der Waals surface area contributed by atoms with Gasteiger partial charge in [0.15, 0.2) is 0 Å². The van der Waals surface area contributed by atoms with E-state index in [1.807, 2.05) is 31.2 Å². The number of amides is 1. The maximum atomic E-state index is 12.6. The average molecular weight is 397 g/mol. The first-order valence-corrected chi connectivity index (χ1v) is 8.69. The lowest BCUT2D eigenvalue weighted by Crippen LogP contribution is -2.15. The summed E-state index contributed by atoms with van der Waals surface area (Å²) in [4.78, 5) is 32.4. The van der Waals surface area contributed by atoms with Gasteiger partial charge in [-0.05, 0) is 42.8 Å². The number of hydrogen-bond acceptors (Lipinski definition) is 6. The summed E-state index contributed by atoms with van der Waals surface area (Å²) >= 11 is 6.12. The van der Waals surface area contributed by atoms with Crippen LogP contribution >= 0.6 is 11.6 Å². The molecule has 142 valence electrons. The first-order chi connectivity index (χ1) is 13.5. The molecule has 0 bridgehead atoms. The van der Waals surface area contributed by atoms with Crippen LogP contribution in [-0.4, -0.2) is 29.0 Å². The fourth-order valence-corrected chi connectivity index (χ4v) is 2.64. The van der Waals surface area contributed by atoms with E-state index in [1.54, 1.807) is 0 Å². The maximum absolute atomic E-state index is 12.6. The molecule has 2 N–H and O–H groups in total.